The van der Waals surface area contributed by atoms with Crippen LogP contribution in [-0.2, 0) is 0 Å². The molecule has 0 saturated carbocycles. The van der Waals surface area contributed by atoms with Crippen molar-refractivity contribution in [3.63, 3.8) is 0 Å². The Kier molecular flexibility index (Phi) is 5.45. The van der Waals surface area contributed by atoms with Gasteiger partial charge in [-0.3, -0.25) is 4.79 Å². The third-order valence-corrected chi connectivity index (χ3v) is 4.25. The fourth-order valence-corrected chi connectivity index (χ4v) is 2.95. The average Bonchev–Trinajstić information content (AvgIpc) is 2.49. The van der Waals surface area contributed by atoms with Crippen molar-refractivity contribution in [1.82, 2.24) is 0 Å². The largest absolute Gasteiger partial charge is 0.494 e. The number of hydrogen-bond donors (Lipinski definition) is 0. The highest BCUT2D eigenvalue weighted by atomic mass is 32.2. The van der Waals surface area contributed by atoms with E-state index < -0.39 is 0 Å². The van der Waals surface area contributed by atoms with Crippen LogP contribution in [0, 0.1) is 13.8 Å². The summed E-state index contributed by atoms with van der Waals surface area (Å²) in [6.07, 6.45) is 0. The lowest BCUT2D eigenvalue weighted by atomic mass is 10.0. The Bertz CT molecular complexity index is 621. The second-order valence-corrected chi connectivity index (χ2v) is 5.94. The van der Waals surface area contributed by atoms with Crippen LogP contribution in [0.1, 0.15) is 28.4 Å². The van der Waals surface area contributed by atoms with Crippen molar-refractivity contribution in [2.75, 3.05) is 12.4 Å². The molecule has 0 aliphatic heterocycles. The van der Waals surface area contributed by atoms with Crippen LogP contribution in [0.2, 0.25) is 0 Å². The van der Waals surface area contributed by atoms with Gasteiger partial charge in [0.05, 0.1) is 12.4 Å². The van der Waals surface area contributed by atoms with Crippen molar-refractivity contribution in [2.45, 2.75) is 25.7 Å². The Morgan fingerprint density at radius 1 is 1.10 bits per heavy atom. The lowest BCUT2D eigenvalue weighted by Crippen LogP contribution is -2.06. The van der Waals surface area contributed by atoms with E-state index in [1.54, 1.807) is 11.8 Å². The van der Waals surface area contributed by atoms with Gasteiger partial charge in [-0.25, -0.2) is 0 Å². The van der Waals surface area contributed by atoms with Gasteiger partial charge in [0, 0.05) is 10.5 Å². The van der Waals surface area contributed by atoms with E-state index in [4.69, 9.17) is 4.74 Å². The molecule has 0 spiro atoms. The zero-order chi connectivity index (χ0) is 15.2. The van der Waals surface area contributed by atoms with Crippen LogP contribution in [0.15, 0.2) is 47.4 Å². The van der Waals surface area contributed by atoms with E-state index in [0.717, 1.165) is 27.3 Å². The van der Waals surface area contributed by atoms with Crippen molar-refractivity contribution >= 4 is 17.5 Å². The average molecular weight is 300 g/mol. The van der Waals surface area contributed by atoms with Gasteiger partial charge < -0.3 is 4.74 Å². The van der Waals surface area contributed by atoms with Gasteiger partial charge in [-0.05, 0) is 56.2 Å². The molecule has 0 aromatic heterocycles. The molecule has 2 rings (SSSR count). The summed E-state index contributed by atoms with van der Waals surface area (Å²) in [4.78, 5) is 13.5. The molecule has 0 amide bonds. The number of aryl methyl sites for hydroxylation is 2. The topological polar surface area (TPSA) is 26.3 Å². The molecule has 0 heterocycles. The maximum atomic E-state index is 12.4. The number of Topliss-reactive ketones (excluding diaryl/α,β-unsaturated/α-hetero) is 1. The zero-order valence-corrected chi connectivity index (χ0v) is 13.5. The smallest absolute Gasteiger partial charge is 0.173 e. The van der Waals surface area contributed by atoms with E-state index >= 15 is 0 Å². The van der Waals surface area contributed by atoms with Crippen molar-refractivity contribution < 1.29 is 9.53 Å². The summed E-state index contributed by atoms with van der Waals surface area (Å²) in [5.74, 6) is 1.48. The maximum Gasteiger partial charge on any atom is 0.173 e. The molecule has 3 heteroatoms. The lowest BCUT2D eigenvalue weighted by Gasteiger charge is -2.12. The number of carbonyl (C=O) groups is 1. The molecule has 0 N–H and O–H groups in total. The molecule has 2 aromatic rings. The van der Waals surface area contributed by atoms with Gasteiger partial charge >= 0.3 is 0 Å². The summed E-state index contributed by atoms with van der Waals surface area (Å²) in [7, 11) is 0. The van der Waals surface area contributed by atoms with E-state index in [1.807, 2.05) is 63.2 Å². The predicted octanol–water partition coefficient (Wildman–Crippen LogP) is 4.68. The predicted molar refractivity (Wildman–Crippen MR) is 88.6 cm³/mol. The van der Waals surface area contributed by atoms with Crippen LogP contribution in [0.5, 0.6) is 5.75 Å². The number of benzene rings is 2. The second-order valence-electron chi connectivity index (χ2n) is 4.89. The summed E-state index contributed by atoms with van der Waals surface area (Å²) in [6.45, 7) is 6.54. The third-order valence-electron chi connectivity index (χ3n) is 3.24. The Balaban J connectivity index is 2.10. The molecule has 0 fully saturated rings. The molecular weight excluding hydrogens is 280 g/mol. The van der Waals surface area contributed by atoms with Crippen LogP contribution < -0.4 is 4.74 Å². The van der Waals surface area contributed by atoms with E-state index in [1.165, 1.54) is 0 Å². The molecule has 0 unspecified atom stereocenters. The third kappa shape index (κ3) is 4.11. The minimum atomic E-state index is 0.160. The van der Waals surface area contributed by atoms with Crippen molar-refractivity contribution in [2.24, 2.45) is 0 Å². The first-order chi connectivity index (χ1) is 10.1. The summed E-state index contributed by atoms with van der Waals surface area (Å²) in [5.41, 5.74) is 2.78. The minimum absolute atomic E-state index is 0.160. The van der Waals surface area contributed by atoms with Crippen LogP contribution in [0.3, 0.4) is 0 Å². The standard InChI is InChI=1S/C18H20O2S/c1-4-20-18-11-13(2)16(10-14(18)3)17(19)12-21-15-8-6-5-7-9-15/h5-11H,4,12H2,1-3H3. The molecule has 2 nitrogen and oxygen atoms in total. The first kappa shape index (κ1) is 15.6. The first-order valence-electron chi connectivity index (χ1n) is 7.07. The zero-order valence-electron chi connectivity index (χ0n) is 12.7. The van der Waals surface area contributed by atoms with Crippen LogP contribution in [0.4, 0.5) is 0 Å². The first-order valence-corrected chi connectivity index (χ1v) is 8.05. The van der Waals surface area contributed by atoms with E-state index in [0.29, 0.717) is 12.4 Å². The Hall–Kier alpha value is -1.74. The second kappa shape index (κ2) is 7.32. The molecular formula is C18H20O2S. The van der Waals surface area contributed by atoms with Gasteiger partial charge in [-0.2, -0.15) is 0 Å². The Morgan fingerprint density at radius 2 is 1.81 bits per heavy atom. The van der Waals surface area contributed by atoms with E-state index in [-0.39, 0.29) is 5.78 Å². The molecule has 0 aliphatic carbocycles. The normalized spacial score (nSPS) is 10.4. The highest BCUT2D eigenvalue weighted by Crippen LogP contribution is 2.25. The van der Waals surface area contributed by atoms with E-state index in [9.17, 15) is 4.79 Å². The molecule has 2 aromatic carbocycles. The van der Waals surface area contributed by atoms with Gasteiger partial charge in [0.1, 0.15) is 5.75 Å². The van der Waals surface area contributed by atoms with E-state index in [2.05, 4.69) is 0 Å². The number of carbonyl (C=O) groups excluding carboxylic acids is 1. The molecule has 0 bridgehead atoms. The number of rotatable bonds is 6. The number of hydrogen-bond acceptors (Lipinski definition) is 3. The monoisotopic (exact) mass is 300 g/mol. The number of ether oxygens (including phenoxy) is 1. The van der Waals surface area contributed by atoms with Crippen molar-refractivity contribution in [3.05, 3.63) is 59.2 Å². The molecule has 0 aliphatic rings. The number of thioether (sulfide) groups is 1. The Morgan fingerprint density at radius 3 is 2.48 bits per heavy atom. The van der Waals surface area contributed by atoms with Gasteiger partial charge in [-0.1, -0.05) is 18.2 Å². The van der Waals surface area contributed by atoms with Gasteiger partial charge in [-0.15, -0.1) is 11.8 Å². The van der Waals surface area contributed by atoms with Gasteiger partial charge in [0.15, 0.2) is 5.78 Å². The molecule has 21 heavy (non-hydrogen) atoms. The molecule has 110 valence electrons. The van der Waals surface area contributed by atoms with Crippen molar-refractivity contribution in [1.29, 1.82) is 0 Å². The van der Waals surface area contributed by atoms with Crippen LogP contribution in [-0.4, -0.2) is 18.1 Å². The van der Waals surface area contributed by atoms with Crippen molar-refractivity contribution in [3.8, 4) is 5.75 Å². The summed E-state index contributed by atoms with van der Waals surface area (Å²) in [6, 6.07) is 13.9. The highest BCUT2D eigenvalue weighted by Gasteiger charge is 2.12. The number of ketones is 1. The molecule has 0 radical (unpaired) electrons. The summed E-state index contributed by atoms with van der Waals surface area (Å²) >= 11 is 1.57. The van der Waals surface area contributed by atoms with Crippen LogP contribution >= 0.6 is 11.8 Å². The summed E-state index contributed by atoms with van der Waals surface area (Å²) in [5, 5.41) is 0. The maximum absolute atomic E-state index is 12.4. The molecule has 0 atom stereocenters. The fourth-order valence-electron chi connectivity index (χ4n) is 2.14. The minimum Gasteiger partial charge on any atom is -0.494 e. The highest BCUT2D eigenvalue weighted by molar-refractivity contribution is 8.00. The summed E-state index contributed by atoms with van der Waals surface area (Å²) < 4.78 is 5.56. The van der Waals surface area contributed by atoms with Gasteiger partial charge in [0.2, 0.25) is 0 Å². The molecule has 0 saturated heterocycles. The SMILES string of the molecule is CCOc1cc(C)c(C(=O)CSc2ccccc2)cc1C. The van der Waals surface area contributed by atoms with Crippen LogP contribution in [0.25, 0.3) is 0 Å². The fraction of sp³-hybridized carbons (Fsp3) is 0.278. The lowest BCUT2D eigenvalue weighted by molar-refractivity contribution is 0.102. The van der Waals surface area contributed by atoms with Gasteiger partial charge in [0.25, 0.3) is 0 Å². The quantitative estimate of drug-likeness (QED) is 0.572. The Labute approximate surface area is 130 Å².